The molecule has 2 rings (SSSR count). The Morgan fingerprint density at radius 2 is 1.95 bits per heavy atom. The van der Waals surface area contributed by atoms with Gasteiger partial charge in [0.2, 0.25) is 0 Å². The van der Waals surface area contributed by atoms with E-state index in [1.807, 2.05) is 6.07 Å². The van der Waals surface area contributed by atoms with Gasteiger partial charge in [-0.1, -0.05) is 29.8 Å². The minimum Gasteiger partial charge on any atom is -0.495 e. The molecule has 3 heteroatoms. The summed E-state index contributed by atoms with van der Waals surface area (Å²) in [6, 6.07) is 4.74. The average molecular weight is 326 g/mol. The lowest BCUT2D eigenvalue weighted by Crippen LogP contribution is -2.30. The van der Waals surface area contributed by atoms with Gasteiger partial charge in [-0.15, -0.1) is 0 Å². The fourth-order valence-electron chi connectivity index (χ4n) is 2.94. The number of hydrogen-bond donors (Lipinski definition) is 1. The summed E-state index contributed by atoms with van der Waals surface area (Å²) >= 11 is 3.52. The van der Waals surface area contributed by atoms with Crippen molar-refractivity contribution in [2.45, 2.75) is 46.1 Å². The zero-order valence-electron chi connectivity index (χ0n) is 12.3. The Kier molecular flexibility index (Phi) is 4.77. The maximum atomic E-state index is 5.50. The van der Waals surface area contributed by atoms with Gasteiger partial charge in [-0.2, -0.15) is 0 Å². The summed E-state index contributed by atoms with van der Waals surface area (Å²) in [5.74, 6) is 2.58. The van der Waals surface area contributed by atoms with Gasteiger partial charge in [0.15, 0.2) is 0 Å². The number of nitrogens with one attached hydrogen (secondary N) is 1. The van der Waals surface area contributed by atoms with Gasteiger partial charge in [0.05, 0.1) is 12.8 Å². The van der Waals surface area contributed by atoms with Crippen molar-refractivity contribution in [2.24, 2.45) is 11.8 Å². The predicted molar refractivity (Wildman–Crippen MR) is 85.0 cm³/mol. The second-order valence-corrected chi connectivity index (χ2v) is 6.82. The first-order valence-electron chi connectivity index (χ1n) is 7.12. The van der Waals surface area contributed by atoms with Crippen molar-refractivity contribution in [3.8, 4) is 5.75 Å². The highest BCUT2D eigenvalue weighted by Crippen LogP contribution is 2.36. The minimum absolute atomic E-state index is 0.569. The largest absolute Gasteiger partial charge is 0.495 e. The molecule has 1 aromatic rings. The summed E-state index contributed by atoms with van der Waals surface area (Å²) in [6.07, 6.45) is 3.82. The molecule has 3 unspecified atom stereocenters. The third-order valence-corrected chi connectivity index (χ3v) is 4.89. The molecular weight excluding hydrogens is 302 g/mol. The van der Waals surface area contributed by atoms with Gasteiger partial charge in [0.1, 0.15) is 5.75 Å². The van der Waals surface area contributed by atoms with Crippen molar-refractivity contribution in [1.82, 2.24) is 0 Å². The molecule has 1 aliphatic rings. The maximum absolute atomic E-state index is 5.50. The summed E-state index contributed by atoms with van der Waals surface area (Å²) in [7, 11) is 1.73. The molecule has 3 atom stereocenters. The third-order valence-electron chi connectivity index (χ3n) is 4.43. The average Bonchev–Trinajstić information content (AvgIpc) is 2.36. The molecule has 0 bridgehead atoms. The molecule has 0 aromatic heterocycles. The standard InChI is InChI=1S/C16H24BrNO/c1-10-5-6-14(8-11(10)2)18-16-12(3)7-13(17)9-15(16)19-4/h7,9-11,14,18H,5-6,8H2,1-4H3. The predicted octanol–water partition coefficient (Wildman–Crippen LogP) is 5.00. The van der Waals surface area contributed by atoms with E-state index in [2.05, 4.69) is 48.1 Å². The van der Waals surface area contributed by atoms with Crippen LogP contribution in [0.25, 0.3) is 0 Å². The molecule has 0 radical (unpaired) electrons. The minimum atomic E-state index is 0.569. The molecule has 1 saturated carbocycles. The van der Waals surface area contributed by atoms with E-state index in [4.69, 9.17) is 4.74 Å². The molecule has 19 heavy (non-hydrogen) atoms. The van der Waals surface area contributed by atoms with Gasteiger partial charge in [-0.05, 0) is 55.7 Å². The number of anilines is 1. The summed E-state index contributed by atoms with van der Waals surface area (Å²) in [6.45, 7) is 6.86. The molecule has 2 nitrogen and oxygen atoms in total. The summed E-state index contributed by atoms with van der Waals surface area (Å²) in [5.41, 5.74) is 2.38. The molecule has 1 aliphatic carbocycles. The lowest BCUT2D eigenvalue weighted by molar-refractivity contribution is 0.260. The zero-order valence-corrected chi connectivity index (χ0v) is 13.9. The van der Waals surface area contributed by atoms with Crippen LogP contribution in [0.2, 0.25) is 0 Å². The van der Waals surface area contributed by atoms with Crippen molar-refractivity contribution in [3.05, 3.63) is 22.2 Å². The highest BCUT2D eigenvalue weighted by atomic mass is 79.9. The topological polar surface area (TPSA) is 21.3 Å². The number of ether oxygens (including phenoxy) is 1. The van der Waals surface area contributed by atoms with Crippen LogP contribution in [-0.2, 0) is 0 Å². The summed E-state index contributed by atoms with van der Waals surface area (Å²) in [4.78, 5) is 0. The Bertz CT molecular complexity index is 447. The van der Waals surface area contributed by atoms with Gasteiger partial charge in [0, 0.05) is 10.5 Å². The SMILES string of the molecule is COc1cc(Br)cc(C)c1NC1CCC(C)C(C)C1. The number of methoxy groups -OCH3 is 1. The van der Waals surface area contributed by atoms with E-state index < -0.39 is 0 Å². The molecule has 0 amide bonds. The molecule has 1 fully saturated rings. The van der Waals surface area contributed by atoms with E-state index in [1.54, 1.807) is 7.11 Å². The lowest BCUT2D eigenvalue weighted by atomic mass is 9.79. The van der Waals surface area contributed by atoms with Crippen LogP contribution in [0, 0.1) is 18.8 Å². The molecule has 0 saturated heterocycles. The Labute approximate surface area is 125 Å². The van der Waals surface area contributed by atoms with Crippen LogP contribution in [0.15, 0.2) is 16.6 Å². The van der Waals surface area contributed by atoms with Crippen molar-refractivity contribution in [2.75, 3.05) is 12.4 Å². The fraction of sp³-hybridized carbons (Fsp3) is 0.625. The molecule has 1 N–H and O–H groups in total. The zero-order chi connectivity index (χ0) is 14.0. The van der Waals surface area contributed by atoms with Gasteiger partial charge >= 0.3 is 0 Å². The normalized spacial score (nSPS) is 27.1. The van der Waals surface area contributed by atoms with Gasteiger partial charge in [0.25, 0.3) is 0 Å². The van der Waals surface area contributed by atoms with Crippen molar-refractivity contribution >= 4 is 21.6 Å². The summed E-state index contributed by atoms with van der Waals surface area (Å²) < 4.78 is 6.57. The first-order chi connectivity index (χ1) is 9.01. The fourth-order valence-corrected chi connectivity index (χ4v) is 3.49. The molecule has 0 spiro atoms. The number of hydrogen-bond acceptors (Lipinski definition) is 2. The van der Waals surface area contributed by atoms with Gasteiger partial charge in [-0.3, -0.25) is 0 Å². The Morgan fingerprint density at radius 1 is 1.21 bits per heavy atom. The van der Waals surface area contributed by atoms with E-state index in [0.717, 1.165) is 27.7 Å². The summed E-state index contributed by atoms with van der Waals surface area (Å²) in [5, 5.41) is 3.70. The lowest BCUT2D eigenvalue weighted by Gasteiger charge is -2.33. The van der Waals surface area contributed by atoms with Crippen molar-refractivity contribution < 1.29 is 4.74 Å². The van der Waals surface area contributed by atoms with E-state index in [9.17, 15) is 0 Å². The molecule has 106 valence electrons. The van der Waals surface area contributed by atoms with Crippen LogP contribution in [0.1, 0.15) is 38.7 Å². The number of rotatable bonds is 3. The molecular formula is C16H24BrNO. The molecule has 0 heterocycles. The van der Waals surface area contributed by atoms with Crippen LogP contribution in [-0.4, -0.2) is 13.2 Å². The Hall–Kier alpha value is -0.700. The van der Waals surface area contributed by atoms with Crippen LogP contribution < -0.4 is 10.1 Å². The quantitative estimate of drug-likeness (QED) is 0.844. The first kappa shape index (κ1) is 14.7. The smallest absolute Gasteiger partial charge is 0.143 e. The van der Waals surface area contributed by atoms with Crippen LogP contribution >= 0.6 is 15.9 Å². The number of benzene rings is 1. The maximum Gasteiger partial charge on any atom is 0.143 e. The van der Waals surface area contributed by atoms with Gasteiger partial charge in [-0.25, -0.2) is 0 Å². The van der Waals surface area contributed by atoms with Crippen molar-refractivity contribution in [1.29, 1.82) is 0 Å². The Morgan fingerprint density at radius 3 is 2.58 bits per heavy atom. The molecule has 0 aliphatic heterocycles. The highest BCUT2D eigenvalue weighted by molar-refractivity contribution is 9.10. The van der Waals surface area contributed by atoms with E-state index >= 15 is 0 Å². The highest BCUT2D eigenvalue weighted by Gasteiger charge is 2.25. The Balaban J connectivity index is 2.15. The van der Waals surface area contributed by atoms with E-state index in [-0.39, 0.29) is 0 Å². The first-order valence-corrected chi connectivity index (χ1v) is 7.91. The van der Waals surface area contributed by atoms with Crippen molar-refractivity contribution in [3.63, 3.8) is 0 Å². The third kappa shape index (κ3) is 3.44. The van der Waals surface area contributed by atoms with Crippen LogP contribution in [0.3, 0.4) is 0 Å². The number of aryl methyl sites for hydroxylation is 1. The second-order valence-electron chi connectivity index (χ2n) is 5.91. The van der Waals surface area contributed by atoms with E-state index in [0.29, 0.717) is 6.04 Å². The van der Waals surface area contributed by atoms with Crippen LogP contribution in [0.4, 0.5) is 5.69 Å². The van der Waals surface area contributed by atoms with Gasteiger partial charge < -0.3 is 10.1 Å². The number of halogens is 1. The van der Waals surface area contributed by atoms with Crippen LogP contribution in [0.5, 0.6) is 5.75 Å². The molecule has 1 aromatic carbocycles. The van der Waals surface area contributed by atoms with E-state index in [1.165, 1.54) is 24.8 Å². The monoisotopic (exact) mass is 325 g/mol. The second kappa shape index (κ2) is 6.17.